The van der Waals surface area contributed by atoms with Gasteiger partial charge in [-0.3, -0.25) is 4.79 Å². The molecule has 2 atom stereocenters. The zero-order chi connectivity index (χ0) is 11.5. The summed E-state index contributed by atoms with van der Waals surface area (Å²) in [6.07, 6.45) is 7.93. The smallest absolute Gasteiger partial charge is 0.222 e. The van der Waals surface area contributed by atoms with E-state index in [1.54, 1.807) is 0 Å². The van der Waals surface area contributed by atoms with Crippen molar-refractivity contribution in [3.63, 3.8) is 0 Å². The maximum atomic E-state index is 12.1. The maximum absolute atomic E-state index is 12.1. The van der Waals surface area contributed by atoms with Gasteiger partial charge in [0.25, 0.3) is 0 Å². The molecule has 2 fully saturated rings. The molecule has 0 radical (unpaired) electrons. The molecule has 17 heavy (non-hydrogen) atoms. The summed E-state index contributed by atoms with van der Waals surface area (Å²) in [6.45, 7) is 2.96. The molecule has 2 rings (SSSR count). The summed E-state index contributed by atoms with van der Waals surface area (Å²) >= 11 is 0. The topological polar surface area (TPSA) is 46.3 Å². The van der Waals surface area contributed by atoms with Crippen molar-refractivity contribution in [1.82, 2.24) is 4.90 Å². The van der Waals surface area contributed by atoms with Crippen molar-refractivity contribution < 1.29 is 4.79 Å². The van der Waals surface area contributed by atoms with Crippen LogP contribution in [-0.4, -0.2) is 29.4 Å². The molecule has 4 heteroatoms. The first-order chi connectivity index (χ1) is 7.68. The van der Waals surface area contributed by atoms with Gasteiger partial charge < -0.3 is 10.6 Å². The lowest BCUT2D eigenvalue weighted by molar-refractivity contribution is -0.133. The van der Waals surface area contributed by atoms with Gasteiger partial charge in [0.15, 0.2) is 0 Å². The number of hydrogen-bond donors (Lipinski definition) is 1. The van der Waals surface area contributed by atoms with Crippen LogP contribution in [-0.2, 0) is 4.79 Å². The fourth-order valence-corrected chi connectivity index (χ4v) is 2.91. The Kier molecular flexibility index (Phi) is 5.74. The molecule has 1 amide bonds. The van der Waals surface area contributed by atoms with Gasteiger partial charge >= 0.3 is 0 Å². The second-order valence-electron chi connectivity index (χ2n) is 5.50. The van der Waals surface area contributed by atoms with Crippen molar-refractivity contribution in [2.45, 2.75) is 64.0 Å². The number of likely N-dealkylation sites (tertiary alicyclic amines) is 1. The number of amides is 1. The monoisotopic (exact) mass is 260 g/mol. The van der Waals surface area contributed by atoms with Crippen molar-refractivity contribution in [3.05, 3.63) is 0 Å². The fourth-order valence-electron chi connectivity index (χ4n) is 2.91. The van der Waals surface area contributed by atoms with Crippen LogP contribution in [0.3, 0.4) is 0 Å². The number of nitrogens with zero attached hydrogens (tertiary/aromatic N) is 1. The van der Waals surface area contributed by atoms with E-state index in [-0.39, 0.29) is 18.4 Å². The molecular weight excluding hydrogens is 236 g/mol. The van der Waals surface area contributed by atoms with Crippen LogP contribution in [0.1, 0.15) is 51.9 Å². The molecule has 1 aliphatic heterocycles. The Morgan fingerprint density at radius 2 is 2.06 bits per heavy atom. The third-order valence-corrected chi connectivity index (χ3v) is 4.13. The largest absolute Gasteiger partial charge is 0.339 e. The summed E-state index contributed by atoms with van der Waals surface area (Å²) in [5.41, 5.74) is 5.70. The highest BCUT2D eigenvalue weighted by atomic mass is 35.5. The summed E-state index contributed by atoms with van der Waals surface area (Å²) in [5.74, 6) is 1.15. The van der Waals surface area contributed by atoms with Crippen LogP contribution in [0.15, 0.2) is 0 Å². The molecule has 0 spiro atoms. The number of carbonyl (C=O) groups is 1. The number of carbonyl (C=O) groups excluding carboxylic acids is 1. The summed E-state index contributed by atoms with van der Waals surface area (Å²) in [5, 5.41) is 0. The van der Waals surface area contributed by atoms with Crippen LogP contribution in [0.25, 0.3) is 0 Å². The molecule has 0 aromatic heterocycles. The molecule has 100 valence electrons. The molecule has 1 saturated heterocycles. The van der Waals surface area contributed by atoms with E-state index in [1.807, 2.05) is 6.92 Å². The molecule has 1 saturated carbocycles. The lowest BCUT2D eigenvalue weighted by atomic mass is 9.79. The van der Waals surface area contributed by atoms with E-state index in [1.165, 1.54) is 32.1 Å². The Morgan fingerprint density at radius 1 is 1.35 bits per heavy atom. The Bertz CT molecular complexity index is 254. The Balaban J connectivity index is 0.00000144. The third kappa shape index (κ3) is 3.59. The van der Waals surface area contributed by atoms with Crippen LogP contribution in [0.4, 0.5) is 0 Å². The second-order valence-corrected chi connectivity index (χ2v) is 5.50. The van der Waals surface area contributed by atoms with Crippen LogP contribution < -0.4 is 5.73 Å². The molecule has 0 aromatic carbocycles. The van der Waals surface area contributed by atoms with Crippen LogP contribution in [0.2, 0.25) is 0 Å². The van der Waals surface area contributed by atoms with Gasteiger partial charge in [-0.15, -0.1) is 12.4 Å². The van der Waals surface area contributed by atoms with Gasteiger partial charge in [-0.1, -0.05) is 6.42 Å². The predicted molar refractivity (Wildman–Crippen MR) is 72.2 cm³/mol. The summed E-state index contributed by atoms with van der Waals surface area (Å²) < 4.78 is 0. The standard InChI is InChI=1S/C13H24N2O.ClH/c1-10(14)7-8-13(16)15-9-3-6-12(15)11-4-2-5-11;/h10-12H,2-9,14H2,1H3;1H. The summed E-state index contributed by atoms with van der Waals surface area (Å²) in [4.78, 5) is 14.2. The van der Waals surface area contributed by atoms with E-state index in [4.69, 9.17) is 5.73 Å². The summed E-state index contributed by atoms with van der Waals surface area (Å²) in [6, 6.07) is 0.711. The van der Waals surface area contributed by atoms with E-state index in [2.05, 4.69) is 4.90 Å². The highest BCUT2D eigenvalue weighted by molar-refractivity contribution is 5.85. The lowest BCUT2D eigenvalue weighted by Gasteiger charge is -2.37. The second kappa shape index (κ2) is 6.60. The highest BCUT2D eigenvalue weighted by Crippen LogP contribution is 2.37. The van der Waals surface area contributed by atoms with Crippen LogP contribution in [0, 0.1) is 5.92 Å². The number of nitrogens with two attached hydrogens (primary N) is 1. The molecule has 0 aromatic rings. The minimum Gasteiger partial charge on any atom is -0.339 e. The summed E-state index contributed by atoms with van der Waals surface area (Å²) in [7, 11) is 0. The molecule has 2 aliphatic rings. The van der Waals surface area contributed by atoms with Gasteiger partial charge in [0.2, 0.25) is 5.91 Å². The number of rotatable bonds is 4. The molecule has 2 N–H and O–H groups in total. The van der Waals surface area contributed by atoms with Crippen molar-refractivity contribution in [3.8, 4) is 0 Å². The molecule has 2 unspecified atom stereocenters. The van der Waals surface area contributed by atoms with Gasteiger partial charge in [-0.2, -0.15) is 0 Å². The van der Waals surface area contributed by atoms with Gasteiger partial charge in [-0.05, 0) is 44.9 Å². The zero-order valence-electron chi connectivity index (χ0n) is 10.7. The van der Waals surface area contributed by atoms with Gasteiger partial charge in [-0.25, -0.2) is 0 Å². The van der Waals surface area contributed by atoms with E-state index < -0.39 is 0 Å². The van der Waals surface area contributed by atoms with E-state index in [0.29, 0.717) is 18.4 Å². The zero-order valence-corrected chi connectivity index (χ0v) is 11.5. The van der Waals surface area contributed by atoms with Gasteiger partial charge in [0.1, 0.15) is 0 Å². The lowest BCUT2D eigenvalue weighted by Crippen LogP contribution is -2.42. The molecule has 3 nitrogen and oxygen atoms in total. The normalized spacial score (nSPS) is 26.2. The van der Waals surface area contributed by atoms with Gasteiger partial charge in [0, 0.05) is 25.0 Å². The first kappa shape index (κ1) is 14.8. The molecule has 0 bridgehead atoms. The first-order valence-corrected chi connectivity index (χ1v) is 6.73. The Morgan fingerprint density at radius 3 is 2.59 bits per heavy atom. The van der Waals surface area contributed by atoms with Crippen molar-refractivity contribution in [2.75, 3.05) is 6.54 Å². The van der Waals surface area contributed by atoms with Crippen molar-refractivity contribution in [2.24, 2.45) is 11.7 Å². The van der Waals surface area contributed by atoms with E-state index in [0.717, 1.165) is 18.9 Å². The molecule has 1 heterocycles. The Labute approximate surface area is 111 Å². The number of hydrogen-bond acceptors (Lipinski definition) is 2. The molecular formula is C13H25ClN2O. The maximum Gasteiger partial charge on any atom is 0.222 e. The third-order valence-electron chi connectivity index (χ3n) is 4.13. The van der Waals surface area contributed by atoms with Crippen LogP contribution in [0.5, 0.6) is 0 Å². The average molecular weight is 261 g/mol. The predicted octanol–water partition coefficient (Wildman–Crippen LogP) is 2.33. The first-order valence-electron chi connectivity index (χ1n) is 6.73. The van der Waals surface area contributed by atoms with Crippen molar-refractivity contribution >= 4 is 18.3 Å². The van der Waals surface area contributed by atoms with E-state index in [9.17, 15) is 4.79 Å². The Hall–Kier alpha value is -0.280. The minimum atomic E-state index is 0. The average Bonchev–Trinajstić information content (AvgIpc) is 2.60. The minimum absolute atomic E-state index is 0. The van der Waals surface area contributed by atoms with Gasteiger partial charge in [0.05, 0.1) is 0 Å². The quantitative estimate of drug-likeness (QED) is 0.843. The number of halogens is 1. The van der Waals surface area contributed by atoms with Crippen molar-refractivity contribution in [1.29, 1.82) is 0 Å². The highest BCUT2D eigenvalue weighted by Gasteiger charge is 2.36. The SMILES string of the molecule is CC(N)CCC(=O)N1CCCC1C1CCC1.Cl. The molecule has 1 aliphatic carbocycles. The van der Waals surface area contributed by atoms with Crippen LogP contribution >= 0.6 is 12.4 Å². The van der Waals surface area contributed by atoms with E-state index >= 15 is 0 Å². The fraction of sp³-hybridized carbons (Fsp3) is 0.923.